The van der Waals surface area contributed by atoms with E-state index in [1.165, 1.54) is 0 Å². The summed E-state index contributed by atoms with van der Waals surface area (Å²) in [6, 6.07) is 13.4. The minimum absolute atomic E-state index is 0.0515. The predicted octanol–water partition coefficient (Wildman–Crippen LogP) is 1.62. The van der Waals surface area contributed by atoms with E-state index in [2.05, 4.69) is 20.1 Å². The first-order chi connectivity index (χ1) is 12.3. The molecule has 7 nitrogen and oxygen atoms in total. The monoisotopic (exact) mass is 334 g/mol. The van der Waals surface area contributed by atoms with Gasteiger partial charge in [0.25, 0.3) is 5.91 Å². The van der Waals surface area contributed by atoms with Crippen molar-refractivity contribution < 1.29 is 4.79 Å². The Labute approximate surface area is 145 Å². The maximum Gasteiger partial charge on any atom is 0.254 e. The van der Waals surface area contributed by atoms with Gasteiger partial charge in [-0.15, -0.1) is 10.2 Å². The molecule has 7 heteroatoms. The largest absolute Gasteiger partial charge is 0.353 e. The van der Waals surface area contributed by atoms with Crippen molar-refractivity contribution in [1.29, 1.82) is 0 Å². The fourth-order valence-corrected chi connectivity index (χ4v) is 3.00. The quantitative estimate of drug-likeness (QED) is 0.728. The van der Waals surface area contributed by atoms with E-state index in [9.17, 15) is 4.79 Å². The zero-order valence-corrected chi connectivity index (χ0v) is 13.7. The van der Waals surface area contributed by atoms with Crippen LogP contribution >= 0.6 is 0 Å². The summed E-state index contributed by atoms with van der Waals surface area (Å²) in [7, 11) is 0. The molecule has 1 aliphatic rings. The first-order valence-corrected chi connectivity index (χ1v) is 8.21. The predicted molar refractivity (Wildman–Crippen MR) is 93.7 cm³/mol. The van der Waals surface area contributed by atoms with Crippen LogP contribution in [0.2, 0.25) is 0 Å². The van der Waals surface area contributed by atoms with Crippen LogP contribution in [-0.2, 0) is 0 Å². The van der Waals surface area contributed by atoms with Crippen LogP contribution in [0, 0.1) is 0 Å². The molecule has 0 N–H and O–H groups in total. The molecule has 0 spiro atoms. The first kappa shape index (κ1) is 15.3. The lowest BCUT2D eigenvalue weighted by atomic mass is 10.1. The zero-order valence-electron chi connectivity index (χ0n) is 13.7. The number of hydrogen-bond donors (Lipinski definition) is 0. The Morgan fingerprint density at radius 1 is 0.920 bits per heavy atom. The second-order valence-corrected chi connectivity index (χ2v) is 5.89. The van der Waals surface area contributed by atoms with Crippen molar-refractivity contribution in [3.63, 3.8) is 0 Å². The maximum atomic E-state index is 12.8. The third-order valence-electron chi connectivity index (χ3n) is 4.35. The van der Waals surface area contributed by atoms with Crippen molar-refractivity contribution in [2.75, 3.05) is 31.1 Å². The Balaban J connectivity index is 1.45. The van der Waals surface area contributed by atoms with Crippen LogP contribution in [0.4, 0.5) is 5.82 Å². The second kappa shape index (κ2) is 6.72. The Morgan fingerprint density at radius 3 is 2.44 bits per heavy atom. The average molecular weight is 334 g/mol. The van der Waals surface area contributed by atoms with Gasteiger partial charge >= 0.3 is 0 Å². The van der Waals surface area contributed by atoms with Crippen LogP contribution < -0.4 is 4.90 Å². The van der Waals surface area contributed by atoms with Gasteiger partial charge in [-0.1, -0.05) is 12.1 Å². The fraction of sp³-hybridized carbons (Fsp3) is 0.222. The molecule has 0 aliphatic carbocycles. The summed E-state index contributed by atoms with van der Waals surface area (Å²) in [4.78, 5) is 21.3. The number of nitrogens with zero attached hydrogens (tertiary/aromatic N) is 6. The van der Waals surface area contributed by atoms with E-state index >= 15 is 0 Å². The van der Waals surface area contributed by atoms with E-state index in [0.717, 1.165) is 24.6 Å². The number of anilines is 1. The van der Waals surface area contributed by atoms with Crippen molar-refractivity contribution in [2.24, 2.45) is 0 Å². The fourth-order valence-electron chi connectivity index (χ4n) is 3.00. The smallest absolute Gasteiger partial charge is 0.254 e. The molecule has 1 fully saturated rings. The molecule has 25 heavy (non-hydrogen) atoms. The zero-order chi connectivity index (χ0) is 17.1. The molecule has 1 amide bonds. The molecular formula is C18H18N6O. The highest BCUT2D eigenvalue weighted by Crippen LogP contribution is 2.16. The molecule has 1 saturated heterocycles. The van der Waals surface area contributed by atoms with Crippen molar-refractivity contribution in [2.45, 2.75) is 0 Å². The summed E-state index contributed by atoms with van der Waals surface area (Å²) in [5.41, 5.74) is 1.56. The standard InChI is InChI=1S/C18H18N6O/c25-18(15-4-3-5-16(12-15)24-13-20-21-14-24)23-10-8-22(9-11-23)17-6-1-2-7-19-17/h1-7,12-14H,8-11H2. The van der Waals surface area contributed by atoms with Gasteiger partial charge in [-0.25, -0.2) is 4.98 Å². The van der Waals surface area contributed by atoms with E-state index in [4.69, 9.17) is 0 Å². The number of pyridine rings is 1. The maximum absolute atomic E-state index is 12.8. The lowest BCUT2D eigenvalue weighted by molar-refractivity contribution is 0.0746. The Bertz CT molecular complexity index is 841. The summed E-state index contributed by atoms with van der Waals surface area (Å²) < 4.78 is 1.79. The highest BCUT2D eigenvalue weighted by Gasteiger charge is 2.22. The molecule has 0 atom stereocenters. The average Bonchev–Trinajstić information content (AvgIpc) is 3.23. The molecule has 1 aliphatic heterocycles. The minimum Gasteiger partial charge on any atom is -0.353 e. The highest BCUT2D eigenvalue weighted by molar-refractivity contribution is 5.95. The van der Waals surface area contributed by atoms with Gasteiger partial charge in [-0.05, 0) is 30.3 Å². The van der Waals surface area contributed by atoms with Crippen LogP contribution in [0.5, 0.6) is 0 Å². The number of aromatic nitrogens is 4. The first-order valence-electron chi connectivity index (χ1n) is 8.21. The lowest BCUT2D eigenvalue weighted by Gasteiger charge is -2.35. The molecule has 0 saturated carbocycles. The number of hydrogen-bond acceptors (Lipinski definition) is 5. The molecule has 3 heterocycles. The molecular weight excluding hydrogens is 316 g/mol. The van der Waals surface area contributed by atoms with Gasteiger partial charge in [0.1, 0.15) is 18.5 Å². The number of rotatable bonds is 3. The van der Waals surface area contributed by atoms with E-state index < -0.39 is 0 Å². The van der Waals surface area contributed by atoms with E-state index in [1.54, 1.807) is 23.4 Å². The molecule has 126 valence electrons. The van der Waals surface area contributed by atoms with Gasteiger partial charge in [0.15, 0.2) is 0 Å². The van der Waals surface area contributed by atoms with Gasteiger partial charge in [0.05, 0.1) is 0 Å². The third-order valence-corrected chi connectivity index (χ3v) is 4.35. The highest BCUT2D eigenvalue weighted by atomic mass is 16.2. The molecule has 1 aromatic carbocycles. The van der Waals surface area contributed by atoms with Gasteiger partial charge in [-0.3, -0.25) is 9.36 Å². The van der Waals surface area contributed by atoms with Crippen molar-refractivity contribution in [3.05, 3.63) is 66.9 Å². The number of benzene rings is 1. The van der Waals surface area contributed by atoms with Crippen molar-refractivity contribution >= 4 is 11.7 Å². The Kier molecular flexibility index (Phi) is 4.12. The van der Waals surface area contributed by atoms with Crippen LogP contribution in [0.3, 0.4) is 0 Å². The molecule has 0 radical (unpaired) electrons. The van der Waals surface area contributed by atoms with E-state index in [1.807, 2.05) is 47.4 Å². The molecule has 3 aromatic rings. The van der Waals surface area contributed by atoms with Gasteiger partial charge in [0, 0.05) is 43.6 Å². The van der Waals surface area contributed by atoms with E-state index in [0.29, 0.717) is 18.7 Å². The second-order valence-electron chi connectivity index (χ2n) is 5.89. The Hall–Kier alpha value is -3.22. The molecule has 4 rings (SSSR count). The summed E-state index contributed by atoms with van der Waals surface area (Å²) >= 11 is 0. The van der Waals surface area contributed by atoms with Gasteiger partial charge in [0.2, 0.25) is 0 Å². The van der Waals surface area contributed by atoms with Crippen LogP contribution in [0.25, 0.3) is 5.69 Å². The molecule has 2 aromatic heterocycles. The van der Waals surface area contributed by atoms with Gasteiger partial charge in [-0.2, -0.15) is 0 Å². The van der Waals surface area contributed by atoms with Crippen molar-refractivity contribution in [3.8, 4) is 5.69 Å². The number of piperazine rings is 1. The normalized spacial score (nSPS) is 14.6. The van der Waals surface area contributed by atoms with Crippen LogP contribution in [-0.4, -0.2) is 56.7 Å². The SMILES string of the molecule is O=C(c1cccc(-n2cnnc2)c1)N1CCN(c2ccccn2)CC1. The lowest BCUT2D eigenvalue weighted by Crippen LogP contribution is -2.49. The topological polar surface area (TPSA) is 67.2 Å². The number of carbonyl (C=O) groups excluding carboxylic acids is 1. The van der Waals surface area contributed by atoms with Gasteiger partial charge < -0.3 is 9.80 Å². The summed E-state index contributed by atoms with van der Waals surface area (Å²) in [6.07, 6.45) is 5.04. The number of carbonyl (C=O) groups is 1. The number of amides is 1. The van der Waals surface area contributed by atoms with Crippen molar-refractivity contribution in [1.82, 2.24) is 24.6 Å². The molecule has 0 bridgehead atoms. The summed E-state index contributed by atoms with van der Waals surface area (Å²) in [5, 5.41) is 7.61. The minimum atomic E-state index is 0.0515. The Morgan fingerprint density at radius 2 is 1.72 bits per heavy atom. The van der Waals surface area contributed by atoms with E-state index in [-0.39, 0.29) is 5.91 Å². The third kappa shape index (κ3) is 3.21. The molecule has 0 unspecified atom stereocenters. The van der Waals surface area contributed by atoms with Crippen LogP contribution in [0.1, 0.15) is 10.4 Å². The summed E-state index contributed by atoms with van der Waals surface area (Å²) in [6.45, 7) is 2.94. The summed E-state index contributed by atoms with van der Waals surface area (Å²) in [5.74, 6) is 1.01. The van der Waals surface area contributed by atoms with Crippen LogP contribution in [0.15, 0.2) is 61.3 Å².